The number of methoxy groups -OCH3 is 3. The number of hydrogen-bond donors (Lipinski definition) is 0. The van der Waals surface area contributed by atoms with Crippen molar-refractivity contribution in [1.29, 1.82) is 0 Å². The minimum absolute atomic E-state index is 0.180. The van der Waals surface area contributed by atoms with Gasteiger partial charge in [-0.2, -0.15) is 0 Å². The van der Waals surface area contributed by atoms with Crippen LogP contribution in [0.5, 0.6) is 28.7 Å². The Labute approximate surface area is 150 Å². The van der Waals surface area contributed by atoms with E-state index in [1.165, 1.54) is 0 Å². The molecule has 0 aliphatic carbocycles. The SMILES string of the molecule is COc1ccc(-n2ccnc2-c2cc(OC)c3c(c2)OCO3)cc1OC. The normalized spacial score (nSPS) is 12.1. The number of nitrogens with zero attached hydrogens (tertiary/aromatic N) is 2. The number of ether oxygens (including phenoxy) is 5. The van der Waals surface area contributed by atoms with Crippen LogP contribution in [0.3, 0.4) is 0 Å². The molecule has 0 atom stereocenters. The Kier molecular flexibility index (Phi) is 4.04. The van der Waals surface area contributed by atoms with Gasteiger partial charge < -0.3 is 23.7 Å². The van der Waals surface area contributed by atoms with Crippen LogP contribution in [0.15, 0.2) is 42.7 Å². The van der Waals surface area contributed by atoms with E-state index in [0.29, 0.717) is 28.7 Å². The van der Waals surface area contributed by atoms with Crippen molar-refractivity contribution < 1.29 is 23.7 Å². The lowest BCUT2D eigenvalue weighted by Crippen LogP contribution is -1.99. The fourth-order valence-corrected chi connectivity index (χ4v) is 2.96. The lowest BCUT2D eigenvalue weighted by molar-refractivity contribution is 0.171. The third kappa shape index (κ3) is 2.57. The first-order chi connectivity index (χ1) is 12.7. The van der Waals surface area contributed by atoms with E-state index in [4.69, 9.17) is 23.7 Å². The average molecular weight is 354 g/mol. The maximum atomic E-state index is 5.52. The zero-order chi connectivity index (χ0) is 18.1. The molecule has 2 heterocycles. The van der Waals surface area contributed by atoms with E-state index in [2.05, 4.69) is 4.98 Å². The summed E-state index contributed by atoms with van der Waals surface area (Å²) in [7, 11) is 4.82. The van der Waals surface area contributed by atoms with Crippen molar-refractivity contribution in [3.63, 3.8) is 0 Å². The standard InChI is InChI=1S/C19H18N2O5/c1-22-14-5-4-13(10-15(14)23-2)21-7-6-20-19(21)12-8-16(24-3)18-17(9-12)25-11-26-18/h4-10H,11H2,1-3H3. The first-order valence-corrected chi connectivity index (χ1v) is 7.99. The zero-order valence-corrected chi connectivity index (χ0v) is 14.7. The predicted octanol–water partition coefficient (Wildman–Crippen LogP) is 3.29. The molecule has 7 heteroatoms. The van der Waals surface area contributed by atoms with Crippen LogP contribution in [0.4, 0.5) is 0 Å². The van der Waals surface area contributed by atoms with Gasteiger partial charge in [0, 0.05) is 24.0 Å². The molecule has 134 valence electrons. The highest BCUT2D eigenvalue weighted by Gasteiger charge is 2.22. The Morgan fingerprint density at radius 2 is 1.73 bits per heavy atom. The van der Waals surface area contributed by atoms with Crippen molar-refractivity contribution in [2.45, 2.75) is 0 Å². The van der Waals surface area contributed by atoms with Gasteiger partial charge in [0.25, 0.3) is 0 Å². The van der Waals surface area contributed by atoms with E-state index in [-0.39, 0.29) is 6.79 Å². The van der Waals surface area contributed by atoms with Gasteiger partial charge in [0.05, 0.1) is 27.0 Å². The molecule has 0 saturated carbocycles. The molecule has 2 aromatic carbocycles. The highest BCUT2D eigenvalue weighted by atomic mass is 16.7. The molecule has 0 bridgehead atoms. The summed E-state index contributed by atoms with van der Waals surface area (Å²) in [6, 6.07) is 9.47. The second kappa shape index (κ2) is 6.51. The number of aromatic nitrogens is 2. The quantitative estimate of drug-likeness (QED) is 0.701. The summed E-state index contributed by atoms with van der Waals surface area (Å²) in [5.41, 5.74) is 1.75. The van der Waals surface area contributed by atoms with Crippen LogP contribution in [0.25, 0.3) is 17.1 Å². The molecule has 26 heavy (non-hydrogen) atoms. The minimum atomic E-state index is 0.180. The Morgan fingerprint density at radius 1 is 0.923 bits per heavy atom. The number of fused-ring (bicyclic) bond motifs is 1. The molecule has 0 radical (unpaired) electrons. The van der Waals surface area contributed by atoms with Crippen molar-refractivity contribution in [2.75, 3.05) is 28.1 Å². The largest absolute Gasteiger partial charge is 0.493 e. The fraction of sp³-hybridized carbons (Fsp3) is 0.211. The number of hydrogen-bond acceptors (Lipinski definition) is 6. The summed E-state index contributed by atoms with van der Waals surface area (Å²) in [6.07, 6.45) is 3.62. The molecular formula is C19H18N2O5. The van der Waals surface area contributed by atoms with Gasteiger partial charge in [-0.25, -0.2) is 4.98 Å². The molecule has 0 spiro atoms. The van der Waals surface area contributed by atoms with E-state index >= 15 is 0 Å². The van der Waals surface area contributed by atoms with Gasteiger partial charge in [-0.1, -0.05) is 0 Å². The molecule has 7 nitrogen and oxygen atoms in total. The number of benzene rings is 2. The minimum Gasteiger partial charge on any atom is -0.493 e. The molecule has 1 aliphatic heterocycles. The molecule has 3 aromatic rings. The molecular weight excluding hydrogens is 336 g/mol. The Hall–Kier alpha value is -3.35. The second-order valence-corrected chi connectivity index (χ2v) is 5.57. The fourth-order valence-electron chi connectivity index (χ4n) is 2.96. The number of rotatable bonds is 5. The molecule has 1 aliphatic rings. The maximum Gasteiger partial charge on any atom is 0.231 e. The summed E-state index contributed by atoms with van der Waals surface area (Å²) in [4.78, 5) is 4.50. The monoisotopic (exact) mass is 354 g/mol. The molecule has 4 rings (SSSR count). The van der Waals surface area contributed by atoms with E-state index < -0.39 is 0 Å². The van der Waals surface area contributed by atoms with Gasteiger partial charge >= 0.3 is 0 Å². The van der Waals surface area contributed by atoms with E-state index in [0.717, 1.165) is 17.1 Å². The maximum absolute atomic E-state index is 5.52. The van der Waals surface area contributed by atoms with Gasteiger partial charge in [0.15, 0.2) is 23.0 Å². The first-order valence-electron chi connectivity index (χ1n) is 7.99. The second-order valence-electron chi connectivity index (χ2n) is 5.57. The molecule has 0 N–H and O–H groups in total. The lowest BCUT2D eigenvalue weighted by atomic mass is 10.1. The van der Waals surface area contributed by atoms with Crippen molar-refractivity contribution in [2.24, 2.45) is 0 Å². The number of imidazole rings is 1. The Bertz CT molecular complexity index is 951. The smallest absolute Gasteiger partial charge is 0.231 e. The van der Waals surface area contributed by atoms with Crippen LogP contribution >= 0.6 is 0 Å². The molecule has 0 unspecified atom stereocenters. The summed E-state index contributed by atoms with van der Waals surface area (Å²) >= 11 is 0. The van der Waals surface area contributed by atoms with Crippen LogP contribution < -0.4 is 23.7 Å². The highest BCUT2D eigenvalue weighted by Crippen LogP contribution is 2.44. The summed E-state index contributed by atoms with van der Waals surface area (Å²) in [6.45, 7) is 0.180. The van der Waals surface area contributed by atoms with Gasteiger partial charge in [0.1, 0.15) is 5.82 Å². The predicted molar refractivity (Wildman–Crippen MR) is 94.8 cm³/mol. The Morgan fingerprint density at radius 3 is 2.50 bits per heavy atom. The van der Waals surface area contributed by atoms with Gasteiger partial charge in [-0.15, -0.1) is 0 Å². The van der Waals surface area contributed by atoms with Crippen LogP contribution in [0, 0.1) is 0 Å². The van der Waals surface area contributed by atoms with Crippen LogP contribution in [-0.4, -0.2) is 37.7 Å². The molecule has 0 fully saturated rings. The van der Waals surface area contributed by atoms with E-state index in [1.807, 2.05) is 41.1 Å². The van der Waals surface area contributed by atoms with Crippen molar-refractivity contribution in [3.05, 3.63) is 42.7 Å². The molecule has 0 saturated heterocycles. The summed E-state index contributed by atoms with van der Waals surface area (Å²) in [5.74, 6) is 3.92. The van der Waals surface area contributed by atoms with Crippen molar-refractivity contribution in [1.82, 2.24) is 9.55 Å². The topological polar surface area (TPSA) is 64.0 Å². The average Bonchev–Trinajstić information content (AvgIpc) is 3.35. The van der Waals surface area contributed by atoms with Crippen LogP contribution in [-0.2, 0) is 0 Å². The van der Waals surface area contributed by atoms with Gasteiger partial charge in [0.2, 0.25) is 12.5 Å². The molecule has 0 amide bonds. The van der Waals surface area contributed by atoms with Crippen molar-refractivity contribution >= 4 is 0 Å². The summed E-state index contributed by atoms with van der Waals surface area (Å²) in [5, 5.41) is 0. The molecule has 1 aromatic heterocycles. The van der Waals surface area contributed by atoms with Crippen LogP contribution in [0.2, 0.25) is 0 Å². The Balaban J connectivity index is 1.81. The third-order valence-electron chi connectivity index (χ3n) is 4.20. The van der Waals surface area contributed by atoms with Gasteiger partial charge in [-0.3, -0.25) is 4.57 Å². The first kappa shape index (κ1) is 16.1. The van der Waals surface area contributed by atoms with Crippen molar-refractivity contribution in [3.8, 4) is 45.8 Å². The van der Waals surface area contributed by atoms with E-state index in [9.17, 15) is 0 Å². The van der Waals surface area contributed by atoms with Gasteiger partial charge in [-0.05, 0) is 24.3 Å². The third-order valence-corrected chi connectivity index (χ3v) is 4.20. The summed E-state index contributed by atoms with van der Waals surface area (Å²) < 4.78 is 29.1. The highest BCUT2D eigenvalue weighted by molar-refractivity contribution is 5.69. The van der Waals surface area contributed by atoms with E-state index in [1.54, 1.807) is 27.5 Å². The van der Waals surface area contributed by atoms with Crippen LogP contribution in [0.1, 0.15) is 0 Å². The zero-order valence-electron chi connectivity index (χ0n) is 14.7. The lowest BCUT2D eigenvalue weighted by Gasteiger charge is -2.13.